The van der Waals surface area contributed by atoms with Gasteiger partial charge in [0.15, 0.2) is 0 Å². The van der Waals surface area contributed by atoms with Crippen LogP contribution in [0.2, 0.25) is 0 Å². The van der Waals surface area contributed by atoms with E-state index in [2.05, 4.69) is 5.16 Å². The van der Waals surface area contributed by atoms with Crippen LogP contribution in [0.3, 0.4) is 0 Å². The number of hydrogen-bond acceptors (Lipinski definition) is 4. The maximum Gasteiger partial charge on any atom is 0.140 e. The van der Waals surface area contributed by atoms with Gasteiger partial charge < -0.3 is 15.0 Å². The van der Waals surface area contributed by atoms with Gasteiger partial charge >= 0.3 is 0 Å². The molecule has 0 amide bonds. The number of methoxy groups -OCH3 is 1. The Morgan fingerprint density at radius 2 is 2.15 bits per heavy atom. The highest BCUT2D eigenvalue weighted by molar-refractivity contribution is 5.28. The van der Waals surface area contributed by atoms with Crippen molar-refractivity contribution in [2.45, 2.75) is 26.4 Å². The number of nitrogens with zero attached hydrogens (tertiary/aromatic N) is 1. The Kier molecular flexibility index (Phi) is 2.73. The van der Waals surface area contributed by atoms with Crippen molar-refractivity contribution in [3.05, 3.63) is 17.0 Å². The summed E-state index contributed by atoms with van der Waals surface area (Å²) in [5.41, 5.74) is 6.96. The molecule has 1 unspecified atom stereocenters. The van der Waals surface area contributed by atoms with Crippen LogP contribution in [0.1, 0.15) is 23.9 Å². The molecule has 0 bridgehead atoms. The van der Waals surface area contributed by atoms with Crippen molar-refractivity contribution in [1.29, 1.82) is 0 Å². The highest BCUT2D eigenvalue weighted by atomic mass is 16.5. The van der Waals surface area contributed by atoms with Crippen molar-refractivity contribution in [3.8, 4) is 0 Å². The topological polar surface area (TPSA) is 61.3 Å². The molecule has 1 aromatic rings. The third-order valence-corrected chi connectivity index (χ3v) is 2.40. The minimum absolute atomic E-state index is 0.409. The van der Waals surface area contributed by atoms with Crippen molar-refractivity contribution in [1.82, 2.24) is 5.16 Å². The van der Waals surface area contributed by atoms with E-state index < -0.39 is 5.60 Å². The molecule has 0 spiro atoms. The first kappa shape index (κ1) is 10.2. The highest BCUT2D eigenvalue weighted by Gasteiger charge is 2.31. The fraction of sp³-hybridized carbons (Fsp3) is 0.667. The lowest BCUT2D eigenvalue weighted by Crippen LogP contribution is -2.34. The molecule has 0 saturated heterocycles. The Morgan fingerprint density at radius 3 is 2.46 bits per heavy atom. The Hall–Kier alpha value is -0.870. The third kappa shape index (κ3) is 1.59. The van der Waals surface area contributed by atoms with E-state index in [0.717, 1.165) is 17.0 Å². The molecule has 13 heavy (non-hydrogen) atoms. The molecule has 0 fully saturated rings. The SMILES string of the molecule is COC(C)(CN)c1c(C)noc1C. The number of aromatic nitrogens is 1. The van der Waals surface area contributed by atoms with Crippen LogP contribution in [-0.4, -0.2) is 18.8 Å². The Labute approximate surface area is 78.0 Å². The predicted molar refractivity (Wildman–Crippen MR) is 49.4 cm³/mol. The van der Waals surface area contributed by atoms with Crippen LogP contribution >= 0.6 is 0 Å². The first-order valence-corrected chi connectivity index (χ1v) is 4.23. The van der Waals surface area contributed by atoms with Crippen molar-refractivity contribution in [3.63, 3.8) is 0 Å². The molecule has 0 aliphatic carbocycles. The summed E-state index contributed by atoms with van der Waals surface area (Å²) in [5, 5.41) is 3.87. The predicted octanol–water partition coefficient (Wildman–Crippen LogP) is 1.11. The van der Waals surface area contributed by atoms with Gasteiger partial charge in [0.05, 0.1) is 11.3 Å². The maximum atomic E-state index is 5.65. The lowest BCUT2D eigenvalue weighted by Gasteiger charge is -2.26. The first-order valence-electron chi connectivity index (χ1n) is 4.23. The summed E-state index contributed by atoms with van der Waals surface area (Å²) in [6, 6.07) is 0. The summed E-state index contributed by atoms with van der Waals surface area (Å²) < 4.78 is 10.4. The van der Waals surface area contributed by atoms with E-state index in [4.69, 9.17) is 15.0 Å². The molecule has 4 heteroatoms. The fourth-order valence-corrected chi connectivity index (χ4v) is 1.53. The number of hydrogen-bond donors (Lipinski definition) is 1. The number of rotatable bonds is 3. The third-order valence-electron chi connectivity index (χ3n) is 2.40. The summed E-state index contributed by atoms with van der Waals surface area (Å²) >= 11 is 0. The molecule has 1 rings (SSSR count). The molecule has 1 heterocycles. The highest BCUT2D eigenvalue weighted by Crippen LogP contribution is 2.28. The van der Waals surface area contributed by atoms with Crippen molar-refractivity contribution in [2.24, 2.45) is 5.73 Å². The van der Waals surface area contributed by atoms with E-state index in [-0.39, 0.29) is 0 Å². The maximum absolute atomic E-state index is 5.65. The zero-order valence-electron chi connectivity index (χ0n) is 8.55. The minimum atomic E-state index is -0.492. The molecule has 0 aliphatic heterocycles. The van der Waals surface area contributed by atoms with Gasteiger partial charge in [0, 0.05) is 13.7 Å². The van der Waals surface area contributed by atoms with E-state index in [0.29, 0.717) is 6.54 Å². The van der Waals surface area contributed by atoms with Crippen LogP contribution in [0.15, 0.2) is 4.52 Å². The number of aryl methyl sites for hydroxylation is 2. The molecule has 0 aliphatic rings. The molecule has 0 aromatic carbocycles. The zero-order chi connectivity index (χ0) is 10.1. The van der Waals surface area contributed by atoms with E-state index in [9.17, 15) is 0 Å². The Morgan fingerprint density at radius 1 is 1.54 bits per heavy atom. The molecule has 4 nitrogen and oxygen atoms in total. The fourth-order valence-electron chi connectivity index (χ4n) is 1.53. The first-order chi connectivity index (χ1) is 6.05. The average molecular weight is 184 g/mol. The van der Waals surface area contributed by atoms with Crippen LogP contribution in [-0.2, 0) is 10.3 Å². The standard InChI is InChI=1S/C9H16N2O2/c1-6-8(7(2)13-11-6)9(3,5-10)12-4/h5,10H2,1-4H3. The molecule has 1 atom stereocenters. The van der Waals surface area contributed by atoms with Gasteiger partial charge in [-0.15, -0.1) is 0 Å². The van der Waals surface area contributed by atoms with Gasteiger partial charge in [-0.3, -0.25) is 0 Å². The van der Waals surface area contributed by atoms with E-state index in [1.807, 2.05) is 20.8 Å². The van der Waals surface area contributed by atoms with E-state index >= 15 is 0 Å². The second kappa shape index (κ2) is 3.47. The molecule has 1 aromatic heterocycles. The van der Waals surface area contributed by atoms with Gasteiger partial charge in [0.25, 0.3) is 0 Å². The summed E-state index contributed by atoms with van der Waals surface area (Å²) in [4.78, 5) is 0. The summed E-state index contributed by atoms with van der Waals surface area (Å²) in [6.07, 6.45) is 0. The minimum Gasteiger partial charge on any atom is -0.372 e. The molecule has 0 radical (unpaired) electrons. The summed E-state index contributed by atoms with van der Waals surface area (Å²) in [5.74, 6) is 0.771. The average Bonchev–Trinajstić information content (AvgIpc) is 2.46. The number of nitrogens with two attached hydrogens (primary N) is 1. The summed E-state index contributed by atoms with van der Waals surface area (Å²) in [7, 11) is 1.64. The molecule has 2 N–H and O–H groups in total. The normalized spacial score (nSPS) is 15.8. The van der Waals surface area contributed by atoms with Crippen molar-refractivity contribution < 1.29 is 9.26 Å². The van der Waals surface area contributed by atoms with Crippen LogP contribution in [0, 0.1) is 13.8 Å². The van der Waals surface area contributed by atoms with Crippen LogP contribution < -0.4 is 5.73 Å². The lowest BCUT2D eigenvalue weighted by molar-refractivity contribution is 0.00848. The van der Waals surface area contributed by atoms with Gasteiger partial charge in [-0.25, -0.2) is 0 Å². The largest absolute Gasteiger partial charge is 0.372 e. The molecule has 74 valence electrons. The van der Waals surface area contributed by atoms with Gasteiger partial charge in [-0.1, -0.05) is 5.16 Å². The Balaban J connectivity index is 3.18. The quantitative estimate of drug-likeness (QED) is 0.764. The van der Waals surface area contributed by atoms with E-state index in [1.165, 1.54) is 0 Å². The van der Waals surface area contributed by atoms with Crippen molar-refractivity contribution in [2.75, 3.05) is 13.7 Å². The second-order valence-electron chi connectivity index (χ2n) is 3.34. The summed E-state index contributed by atoms with van der Waals surface area (Å²) in [6.45, 7) is 6.09. The second-order valence-corrected chi connectivity index (χ2v) is 3.34. The van der Waals surface area contributed by atoms with Crippen molar-refractivity contribution >= 4 is 0 Å². The lowest BCUT2D eigenvalue weighted by atomic mass is 9.94. The monoisotopic (exact) mass is 184 g/mol. The van der Waals surface area contributed by atoms with Crippen LogP contribution in [0.4, 0.5) is 0 Å². The van der Waals surface area contributed by atoms with Gasteiger partial charge in [0.2, 0.25) is 0 Å². The van der Waals surface area contributed by atoms with Gasteiger partial charge in [0.1, 0.15) is 11.4 Å². The Bertz CT molecular complexity index is 270. The number of ether oxygens (including phenoxy) is 1. The van der Waals surface area contributed by atoms with Crippen LogP contribution in [0.25, 0.3) is 0 Å². The smallest absolute Gasteiger partial charge is 0.140 e. The van der Waals surface area contributed by atoms with Gasteiger partial charge in [-0.05, 0) is 20.8 Å². The van der Waals surface area contributed by atoms with E-state index in [1.54, 1.807) is 7.11 Å². The zero-order valence-corrected chi connectivity index (χ0v) is 8.55. The molecular weight excluding hydrogens is 168 g/mol. The molecular formula is C9H16N2O2. The van der Waals surface area contributed by atoms with Gasteiger partial charge in [-0.2, -0.15) is 0 Å². The van der Waals surface area contributed by atoms with Crippen LogP contribution in [0.5, 0.6) is 0 Å². The molecule has 0 saturated carbocycles.